The van der Waals surface area contributed by atoms with Crippen LogP contribution in [0.15, 0.2) is 36.4 Å². The third-order valence-electron chi connectivity index (χ3n) is 3.29. The van der Waals surface area contributed by atoms with Crippen LogP contribution in [-0.4, -0.2) is 22.2 Å². The molecule has 0 aromatic heterocycles. The molecule has 0 aliphatic carbocycles. The van der Waals surface area contributed by atoms with Gasteiger partial charge in [-0.15, -0.1) is 0 Å². The van der Waals surface area contributed by atoms with Gasteiger partial charge in [-0.2, -0.15) is 8.78 Å². The molecule has 0 fully saturated rings. The van der Waals surface area contributed by atoms with Crippen LogP contribution in [-0.2, 0) is 5.92 Å². The molecule has 0 heterocycles. The first-order valence-electron chi connectivity index (χ1n) is 6.29. The van der Waals surface area contributed by atoms with Crippen molar-refractivity contribution in [3.05, 3.63) is 58.7 Å². The van der Waals surface area contributed by atoms with Gasteiger partial charge in [0.1, 0.15) is 0 Å². The second-order valence-electron chi connectivity index (χ2n) is 4.79. The Hall–Kier alpha value is -3.16. The predicted molar refractivity (Wildman–Crippen MR) is 78.6 cm³/mol. The number of halogens is 2. The van der Waals surface area contributed by atoms with Crippen LogP contribution in [0, 0.1) is 0 Å². The molecular weight excluding hydrogens is 310 g/mol. The fraction of sp³-hybridized carbons (Fsp3) is 0.0667. The van der Waals surface area contributed by atoms with Crippen LogP contribution in [0.2, 0.25) is 0 Å². The summed E-state index contributed by atoms with van der Waals surface area (Å²) in [6.07, 6.45) is 0. The molecule has 6 N–H and O–H groups in total. The second-order valence-corrected chi connectivity index (χ2v) is 4.79. The maximum Gasteiger partial charge on any atom is 0.337 e. The first-order valence-corrected chi connectivity index (χ1v) is 6.29. The van der Waals surface area contributed by atoms with Crippen molar-refractivity contribution in [2.24, 2.45) is 0 Å². The SMILES string of the molecule is Nc1cc(C(F)(F)c2ccc(C(=O)O)c(N)c2)ccc1C(=O)O. The van der Waals surface area contributed by atoms with Crippen LogP contribution in [0.3, 0.4) is 0 Å². The van der Waals surface area contributed by atoms with Gasteiger partial charge in [0, 0.05) is 22.5 Å². The number of carboxylic acids is 2. The molecule has 23 heavy (non-hydrogen) atoms. The van der Waals surface area contributed by atoms with Gasteiger partial charge in [0.05, 0.1) is 11.1 Å². The first kappa shape index (κ1) is 16.2. The minimum Gasteiger partial charge on any atom is -0.478 e. The van der Waals surface area contributed by atoms with Crippen molar-refractivity contribution < 1.29 is 28.6 Å². The molecule has 0 spiro atoms. The molecule has 120 valence electrons. The topological polar surface area (TPSA) is 127 Å². The molecule has 8 heteroatoms. The van der Waals surface area contributed by atoms with E-state index in [0.29, 0.717) is 0 Å². The van der Waals surface area contributed by atoms with Gasteiger partial charge in [0.2, 0.25) is 0 Å². The number of benzene rings is 2. The van der Waals surface area contributed by atoms with E-state index in [4.69, 9.17) is 21.7 Å². The molecular formula is C15H12F2N2O4. The van der Waals surface area contributed by atoms with Crippen molar-refractivity contribution in [2.75, 3.05) is 11.5 Å². The summed E-state index contributed by atoms with van der Waals surface area (Å²) in [4.78, 5) is 21.7. The Morgan fingerprint density at radius 2 is 1.17 bits per heavy atom. The van der Waals surface area contributed by atoms with E-state index in [1.165, 1.54) is 0 Å². The lowest BCUT2D eigenvalue weighted by atomic mass is 9.96. The van der Waals surface area contributed by atoms with Gasteiger partial charge in [-0.3, -0.25) is 0 Å². The number of carboxylic acid groups (broad SMARTS) is 2. The quantitative estimate of drug-likeness (QED) is 0.640. The zero-order valence-corrected chi connectivity index (χ0v) is 11.6. The molecule has 6 nitrogen and oxygen atoms in total. The molecule has 0 saturated heterocycles. The Bertz CT molecular complexity index is 741. The molecule has 2 rings (SSSR count). The smallest absolute Gasteiger partial charge is 0.337 e. The molecule has 0 amide bonds. The average Bonchev–Trinajstić information content (AvgIpc) is 2.46. The summed E-state index contributed by atoms with van der Waals surface area (Å²) in [7, 11) is 0. The number of anilines is 2. The lowest BCUT2D eigenvalue weighted by molar-refractivity contribution is 0.0427. The number of nitrogen functional groups attached to an aromatic ring is 2. The van der Waals surface area contributed by atoms with E-state index in [1.54, 1.807) is 0 Å². The zero-order chi connectivity index (χ0) is 17.4. The Kier molecular flexibility index (Phi) is 3.92. The van der Waals surface area contributed by atoms with E-state index in [0.717, 1.165) is 36.4 Å². The number of alkyl halides is 2. The molecule has 0 aliphatic rings. The van der Waals surface area contributed by atoms with Gasteiger partial charge in [-0.25, -0.2) is 9.59 Å². The Morgan fingerprint density at radius 1 is 0.826 bits per heavy atom. The highest BCUT2D eigenvalue weighted by Gasteiger charge is 2.35. The summed E-state index contributed by atoms with van der Waals surface area (Å²) in [6.45, 7) is 0. The lowest BCUT2D eigenvalue weighted by Crippen LogP contribution is -2.17. The molecule has 0 saturated carbocycles. The van der Waals surface area contributed by atoms with Crippen molar-refractivity contribution in [3.63, 3.8) is 0 Å². The van der Waals surface area contributed by atoms with Gasteiger partial charge >= 0.3 is 11.9 Å². The Balaban J connectivity index is 2.50. The summed E-state index contributed by atoms with van der Waals surface area (Å²) < 4.78 is 29.0. The summed E-state index contributed by atoms with van der Waals surface area (Å²) in [5, 5.41) is 17.7. The fourth-order valence-electron chi connectivity index (χ4n) is 2.07. The molecule has 0 atom stereocenters. The standard InChI is InChI=1S/C15H12F2N2O4/c16-15(17,7-1-3-9(13(20)21)11(18)5-7)8-2-4-10(14(22)23)12(19)6-8/h1-6H,18-19H2,(H,20,21)(H,22,23). The Labute approximate surface area is 129 Å². The van der Waals surface area contributed by atoms with Crippen LogP contribution in [0.5, 0.6) is 0 Å². The highest BCUT2D eigenvalue weighted by molar-refractivity contribution is 5.94. The van der Waals surface area contributed by atoms with E-state index in [9.17, 15) is 18.4 Å². The van der Waals surface area contributed by atoms with Crippen LogP contribution in [0.25, 0.3) is 0 Å². The third kappa shape index (κ3) is 2.91. The third-order valence-corrected chi connectivity index (χ3v) is 3.29. The van der Waals surface area contributed by atoms with E-state index < -0.39 is 29.0 Å². The number of carbonyl (C=O) groups is 2. The highest BCUT2D eigenvalue weighted by Crippen LogP contribution is 2.38. The predicted octanol–water partition coefficient (Wildman–Crippen LogP) is 2.39. The van der Waals surface area contributed by atoms with Crippen molar-refractivity contribution in [1.82, 2.24) is 0 Å². The van der Waals surface area contributed by atoms with E-state index in [1.807, 2.05) is 0 Å². The molecule has 0 aliphatic heterocycles. The Morgan fingerprint density at radius 3 is 1.43 bits per heavy atom. The van der Waals surface area contributed by atoms with Gasteiger partial charge < -0.3 is 21.7 Å². The summed E-state index contributed by atoms with van der Waals surface area (Å²) in [6, 6.07) is 5.59. The zero-order valence-electron chi connectivity index (χ0n) is 11.6. The fourth-order valence-corrected chi connectivity index (χ4v) is 2.07. The number of nitrogens with two attached hydrogens (primary N) is 2. The van der Waals surface area contributed by atoms with E-state index in [-0.39, 0.29) is 22.5 Å². The van der Waals surface area contributed by atoms with E-state index in [2.05, 4.69) is 0 Å². The minimum atomic E-state index is -3.52. The van der Waals surface area contributed by atoms with Crippen LogP contribution in [0.1, 0.15) is 31.8 Å². The molecule has 2 aromatic rings. The van der Waals surface area contributed by atoms with Crippen molar-refractivity contribution in [2.45, 2.75) is 5.92 Å². The first-order chi connectivity index (χ1) is 10.6. The second kappa shape index (κ2) is 5.56. The van der Waals surface area contributed by atoms with Gasteiger partial charge in [0.15, 0.2) is 0 Å². The van der Waals surface area contributed by atoms with Crippen molar-refractivity contribution in [1.29, 1.82) is 0 Å². The largest absolute Gasteiger partial charge is 0.478 e. The van der Waals surface area contributed by atoms with Crippen LogP contribution in [0.4, 0.5) is 20.2 Å². The van der Waals surface area contributed by atoms with E-state index >= 15 is 0 Å². The van der Waals surface area contributed by atoms with Crippen molar-refractivity contribution >= 4 is 23.3 Å². The summed E-state index contributed by atoms with van der Waals surface area (Å²) >= 11 is 0. The number of aromatic carboxylic acids is 2. The van der Waals surface area contributed by atoms with Gasteiger partial charge in [-0.05, 0) is 24.3 Å². The van der Waals surface area contributed by atoms with Crippen LogP contribution < -0.4 is 11.5 Å². The maximum absolute atomic E-state index is 14.5. The lowest BCUT2D eigenvalue weighted by Gasteiger charge is -2.19. The van der Waals surface area contributed by atoms with Crippen LogP contribution >= 0.6 is 0 Å². The molecule has 0 unspecified atom stereocenters. The minimum absolute atomic E-state index is 0.287. The van der Waals surface area contributed by atoms with Gasteiger partial charge in [-0.1, -0.05) is 12.1 Å². The van der Waals surface area contributed by atoms with Gasteiger partial charge in [0.25, 0.3) is 5.92 Å². The number of rotatable bonds is 4. The molecule has 0 radical (unpaired) electrons. The normalized spacial score (nSPS) is 11.2. The number of hydrogen-bond acceptors (Lipinski definition) is 4. The maximum atomic E-state index is 14.5. The highest BCUT2D eigenvalue weighted by atomic mass is 19.3. The molecule has 0 bridgehead atoms. The average molecular weight is 322 g/mol. The molecule has 2 aromatic carbocycles. The summed E-state index contributed by atoms with van der Waals surface area (Å²) in [5.74, 6) is -6.17. The number of hydrogen-bond donors (Lipinski definition) is 4. The van der Waals surface area contributed by atoms with Crippen molar-refractivity contribution in [3.8, 4) is 0 Å². The monoisotopic (exact) mass is 322 g/mol. The summed E-state index contributed by atoms with van der Waals surface area (Å²) in [5.41, 5.74) is 8.72.